The van der Waals surface area contributed by atoms with Gasteiger partial charge in [0.25, 0.3) is 0 Å². The summed E-state index contributed by atoms with van der Waals surface area (Å²) in [7, 11) is 0. The number of hydrogen-bond donors (Lipinski definition) is 1. The fourth-order valence-corrected chi connectivity index (χ4v) is 2.90. The van der Waals surface area contributed by atoms with E-state index in [4.69, 9.17) is 0 Å². The smallest absolute Gasteiger partial charge is 0.352 e. The van der Waals surface area contributed by atoms with Crippen molar-refractivity contribution in [2.24, 2.45) is 0 Å². The highest BCUT2D eigenvalue weighted by atomic mass is 19.4. The summed E-state index contributed by atoms with van der Waals surface area (Å²) in [6.45, 7) is 7.39. The molecule has 136 valence electrons. The Labute approximate surface area is 139 Å². The van der Waals surface area contributed by atoms with Gasteiger partial charge in [-0.3, -0.25) is 9.69 Å². The molecule has 6 nitrogen and oxygen atoms in total. The summed E-state index contributed by atoms with van der Waals surface area (Å²) in [6, 6.07) is -1.80. The molecule has 1 saturated heterocycles. The van der Waals surface area contributed by atoms with E-state index in [9.17, 15) is 18.0 Å². The van der Waals surface area contributed by atoms with Gasteiger partial charge in [-0.2, -0.15) is 13.2 Å². The minimum atomic E-state index is -4.30. The molecule has 1 aromatic heterocycles. The molecule has 1 aliphatic rings. The fourth-order valence-electron chi connectivity index (χ4n) is 2.90. The standard InChI is InChI=1S/C15H24F3N5O/c1-10(24)19-11-5-6-13(15(16,17)18)22(7-11)8-12-9-23(21-20-12)14(2,3)4/h9,11,13H,5-8H2,1-4H3,(H,19,24). The van der Waals surface area contributed by atoms with Crippen LogP contribution in [0.4, 0.5) is 13.2 Å². The van der Waals surface area contributed by atoms with Gasteiger partial charge in [0.1, 0.15) is 6.04 Å². The molecule has 24 heavy (non-hydrogen) atoms. The molecule has 0 aliphatic carbocycles. The molecule has 0 bridgehead atoms. The lowest BCUT2D eigenvalue weighted by Crippen LogP contribution is -2.55. The van der Waals surface area contributed by atoms with Crippen LogP contribution in [0.2, 0.25) is 0 Å². The van der Waals surface area contributed by atoms with Gasteiger partial charge in [-0.15, -0.1) is 5.10 Å². The molecule has 1 amide bonds. The zero-order valence-electron chi connectivity index (χ0n) is 14.4. The molecule has 1 N–H and O–H groups in total. The highest BCUT2D eigenvalue weighted by molar-refractivity contribution is 5.73. The molecule has 9 heteroatoms. The summed E-state index contributed by atoms with van der Waals surface area (Å²) >= 11 is 0. The molecule has 0 saturated carbocycles. The summed E-state index contributed by atoms with van der Waals surface area (Å²) in [5, 5.41) is 10.7. The summed E-state index contributed by atoms with van der Waals surface area (Å²) in [5.41, 5.74) is 0.206. The van der Waals surface area contributed by atoms with Crippen LogP contribution in [0.5, 0.6) is 0 Å². The number of carbonyl (C=O) groups excluding carboxylic acids is 1. The quantitative estimate of drug-likeness (QED) is 0.909. The van der Waals surface area contributed by atoms with Gasteiger partial charge in [0, 0.05) is 26.1 Å². The molecular weight excluding hydrogens is 323 g/mol. The Morgan fingerprint density at radius 3 is 2.50 bits per heavy atom. The van der Waals surface area contributed by atoms with Crippen LogP contribution in [0.25, 0.3) is 0 Å². The molecule has 2 heterocycles. The topological polar surface area (TPSA) is 63.1 Å². The number of carbonyl (C=O) groups is 1. The first-order valence-corrected chi connectivity index (χ1v) is 7.96. The van der Waals surface area contributed by atoms with Crippen molar-refractivity contribution in [3.05, 3.63) is 11.9 Å². The Kier molecular flexibility index (Phi) is 5.22. The van der Waals surface area contributed by atoms with Gasteiger partial charge in [-0.05, 0) is 33.6 Å². The van der Waals surface area contributed by atoms with Crippen LogP contribution < -0.4 is 5.32 Å². The van der Waals surface area contributed by atoms with Gasteiger partial charge < -0.3 is 5.32 Å². The van der Waals surface area contributed by atoms with Crippen LogP contribution in [-0.4, -0.2) is 50.6 Å². The second-order valence-corrected chi connectivity index (χ2v) is 7.29. The largest absolute Gasteiger partial charge is 0.404 e. The molecule has 1 aliphatic heterocycles. The lowest BCUT2D eigenvalue weighted by Gasteiger charge is -2.40. The highest BCUT2D eigenvalue weighted by Crippen LogP contribution is 2.32. The molecular formula is C15H24F3N5O. The second kappa shape index (κ2) is 6.70. The van der Waals surface area contributed by atoms with Crippen LogP contribution in [0.1, 0.15) is 46.2 Å². The van der Waals surface area contributed by atoms with Crippen molar-refractivity contribution in [3.63, 3.8) is 0 Å². The molecule has 0 spiro atoms. The third-order valence-electron chi connectivity index (χ3n) is 4.06. The normalized spacial score (nSPS) is 23.3. The second-order valence-electron chi connectivity index (χ2n) is 7.29. The van der Waals surface area contributed by atoms with Gasteiger partial charge in [0.05, 0.1) is 17.4 Å². The number of hydrogen-bond acceptors (Lipinski definition) is 4. The molecule has 0 aromatic carbocycles. The third kappa shape index (κ3) is 4.68. The number of likely N-dealkylation sites (tertiary alicyclic amines) is 1. The van der Waals surface area contributed by atoms with Crippen molar-refractivity contribution in [1.29, 1.82) is 0 Å². The molecule has 2 unspecified atom stereocenters. The van der Waals surface area contributed by atoms with E-state index in [0.29, 0.717) is 12.1 Å². The number of amides is 1. The Hall–Kier alpha value is -1.64. The number of piperidine rings is 1. The SMILES string of the molecule is CC(=O)NC1CCC(C(F)(F)F)N(Cc2cn(C(C)(C)C)nn2)C1. The van der Waals surface area contributed by atoms with E-state index >= 15 is 0 Å². The van der Waals surface area contributed by atoms with E-state index < -0.39 is 12.2 Å². The Bertz CT molecular complexity index is 578. The predicted octanol–water partition coefficient (Wildman–Crippen LogP) is 2.06. The Morgan fingerprint density at radius 1 is 1.33 bits per heavy atom. The zero-order chi connectivity index (χ0) is 18.1. The minimum Gasteiger partial charge on any atom is -0.352 e. The maximum Gasteiger partial charge on any atom is 0.404 e. The van der Waals surface area contributed by atoms with Crippen LogP contribution in [-0.2, 0) is 16.9 Å². The lowest BCUT2D eigenvalue weighted by atomic mass is 9.97. The summed E-state index contributed by atoms with van der Waals surface area (Å²) in [5.74, 6) is -0.232. The van der Waals surface area contributed by atoms with Crippen molar-refractivity contribution in [2.75, 3.05) is 6.54 Å². The Balaban J connectivity index is 2.14. The molecule has 2 rings (SSSR count). The monoisotopic (exact) mass is 347 g/mol. The van der Waals surface area contributed by atoms with E-state index in [-0.39, 0.29) is 37.0 Å². The van der Waals surface area contributed by atoms with E-state index in [1.54, 1.807) is 10.9 Å². The van der Waals surface area contributed by atoms with Crippen LogP contribution in [0.3, 0.4) is 0 Å². The Morgan fingerprint density at radius 2 is 2.00 bits per heavy atom. The first kappa shape index (κ1) is 18.7. The molecule has 2 atom stereocenters. The van der Waals surface area contributed by atoms with Crippen LogP contribution in [0.15, 0.2) is 6.20 Å². The van der Waals surface area contributed by atoms with Crippen LogP contribution in [0, 0.1) is 0 Å². The zero-order valence-corrected chi connectivity index (χ0v) is 14.4. The third-order valence-corrected chi connectivity index (χ3v) is 4.06. The van der Waals surface area contributed by atoms with E-state index in [1.165, 1.54) is 11.8 Å². The van der Waals surface area contributed by atoms with Gasteiger partial charge in [0.2, 0.25) is 5.91 Å². The number of aromatic nitrogens is 3. The van der Waals surface area contributed by atoms with Gasteiger partial charge in [-0.25, -0.2) is 4.68 Å². The van der Waals surface area contributed by atoms with E-state index in [1.807, 2.05) is 20.8 Å². The molecule has 1 aromatic rings. The average Bonchev–Trinajstić information content (AvgIpc) is 2.85. The van der Waals surface area contributed by atoms with Crippen LogP contribution >= 0.6 is 0 Å². The number of rotatable bonds is 3. The molecule has 0 radical (unpaired) electrons. The maximum atomic E-state index is 13.3. The number of halogens is 3. The fraction of sp³-hybridized carbons (Fsp3) is 0.800. The number of alkyl halides is 3. The highest BCUT2D eigenvalue weighted by Gasteiger charge is 2.46. The summed E-state index contributed by atoms with van der Waals surface area (Å²) in [4.78, 5) is 12.5. The van der Waals surface area contributed by atoms with Crippen molar-refractivity contribution < 1.29 is 18.0 Å². The summed E-state index contributed by atoms with van der Waals surface area (Å²) in [6.07, 6.45) is -2.35. The number of nitrogens with zero attached hydrogens (tertiary/aromatic N) is 4. The van der Waals surface area contributed by atoms with Crippen molar-refractivity contribution in [1.82, 2.24) is 25.2 Å². The number of nitrogens with one attached hydrogen (secondary N) is 1. The summed E-state index contributed by atoms with van der Waals surface area (Å²) < 4.78 is 41.6. The van der Waals surface area contributed by atoms with Crippen molar-refractivity contribution in [3.8, 4) is 0 Å². The van der Waals surface area contributed by atoms with Crippen molar-refractivity contribution >= 4 is 5.91 Å². The minimum absolute atomic E-state index is 0.0398. The van der Waals surface area contributed by atoms with Crippen molar-refractivity contribution in [2.45, 2.75) is 70.9 Å². The van der Waals surface area contributed by atoms with Gasteiger partial charge in [-0.1, -0.05) is 5.21 Å². The van der Waals surface area contributed by atoms with Gasteiger partial charge >= 0.3 is 6.18 Å². The first-order chi connectivity index (χ1) is 11.0. The van der Waals surface area contributed by atoms with E-state index in [0.717, 1.165) is 0 Å². The lowest BCUT2D eigenvalue weighted by molar-refractivity contribution is -0.194. The van der Waals surface area contributed by atoms with E-state index in [2.05, 4.69) is 15.6 Å². The van der Waals surface area contributed by atoms with Gasteiger partial charge in [0.15, 0.2) is 0 Å². The predicted molar refractivity (Wildman–Crippen MR) is 82.1 cm³/mol. The molecule has 1 fully saturated rings. The average molecular weight is 347 g/mol. The maximum absolute atomic E-state index is 13.3. The first-order valence-electron chi connectivity index (χ1n) is 7.96.